The molecule has 0 saturated carbocycles. The second kappa shape index (κ2) is 3.77. The molecule has 5 nitrogen and oxygen atoms in total. The first kappa shape index (κ1) is 10.4. The van der Waals surface area contributed by atoms with Gasteiger partial charge in [-0.15, -0.1) is 0 Å². The highest BCUT2D eigenvalue weighted by molar-refractivity contribution is 7.80. The first-order valence-electron chi connectivity index (χ1n) is 5.03. The molecule has 0 bridgehead atoms. The van der Waals surface area contributed by atoms with Crippen molar-refractivity contribution in [2.45, 2.75) is 19.4 Å². The Labute approximate surface area is 93.4 Å². The van der Waals surface area contributed by atoms with Gasteiger partial charge in [-0.1, -0.05) is 0 Å². The van der Waals surface area contributed by atoms with Crippen LogP contribution in [0.2, 0.25) is 0 Å². The number of fused-ring (bicyclic) bond motifs is 1. The molecule has 2 heterocycles. The summed E-state index contributed by atoms with van der Waals surface area (Å²) < 4.78 is 0. The zero-order valence-electron chi connectivity index (χ0n) is 8.52. The predicted molar refractivity (Wildman–Crippen MR) is 58.1 cm³/mol. The fraction of sp³-hybridized carbons (Fsp3) is 0.667. The molecule has 2 rings (SSSR count). The third-order valence-electron chi connectivity index (χ3n) is 2.79. The van der Waals surface area contributed by atoms with Gasteiger partial charge in [-0.05, 0) is 19.1 Å². The standard InChI is InChI=1S/C9H13N3O2S/c1-2-11-7(13)5-6-8(14)10-3-4-12(6)9(11)15/h6H,2-5H2,1H3,(H,10,14). The van der Waals surface area contributed by atoms with Crippen molar-refractivity contribution in [1.82, 2.24) is 15.1 Å². The third kappa shape index (κ3) is 1.58. The van der Waals surface area contributed by atoms with Gasteiger partial charge in [0.15, 0.2) is 5.11 Å². The Morgan fingerprint density at radius 2 is 2.27 bits per heavy atom. The lowest BCUT2D eigenvalue weighted by Crippen LogP contribution is -2.65. The van der Waals surface area contributed by atoms with Crippen LogP contribution in [-0.4, -0.2) is 52.4 Å². The molecule has 0 spiro atoms. The molecule has 2 amide bonds. The van der Waals surface area contributed by atoms with Crippen LogP contribution >= 0.6 is 12.2 Å². The Hall–Kier alpha value is -1.17. The second-order valence-electron chi connectivity index (χ2n) is 3.62. The van der Waals surface area contributed by atoms with Gasteiger partial charge in [-0.3, -0.25) is 14.5 Å². The van der Waals surface area contributed by atoms with Crippen molar-refractivity contribution in [2.75, 3.05) is 19.6 Å². The van der Waals surface area contributed by atoms with Gasteiger partial charge in [-0.25, -0.2) is 0 Å². The predicted octanol–water partition coefficient (Wildman–Crippen LogP) is -0.676. The molecule has 2 aliphatic heterocycles. The number of piperazine rings is 1. The van der Waals surface area contributed by atoms with E-state index < -0.39 is 0 Å². The molecule has 0 aliphatic carbocycles. The smallest absolute Gasteiger partial charge is 0.243 e. The largest absolute Gasteiger partial charge is 0.353 e. The van der Waals surface area contributed by atoms with Crippen LogP contribution in [0.1, 0.15) is 13.3 Å². The maximum Gasteiger partial charge on any atom is 0.243 e. The summed E-state index contributed by atoms with van der Waals surface area (Å²) in [6, 6.07) is -0.387. The van der Waals surface area contributed by atoms with Crippen LogP contribution in [0, 0.1) is 0 Å². The lowest BCUT2D eigenvalue weighted by molar-refractivity contribution is -0.138. The number of hydrogen-bond acceptors (Lipinski definition) is 3. The molecule has 82 valence electrons. The summed E-state index contributed by atoms with van der Waals surface area (Å²) in [7, 11) is 0. The first-order chi connectivity index (χ1) is 7.15. The molecule has 2 saturated heterocycles. The third-order valence-corrected chi connectivity index (χ3v) is 3.25. The molecular formula is C9H13N3O2S. The van der Waals surface area contributed by atoms with E-state index in [9.17, 15) is 9.59 Å². The maximum atomic E-state index is 11.7. The summed E-state index contributed by atoms with van der Waals surface area (Å²) in [6.07, 6.45) is 0.236. The van der Waals surface area contributed by atoms with E-state index in [1.165, 1.54) is 0 Å². The number of thiocarbonyl (C=S) groups is 1. The topological polar surface area (TPSA) is 52.7 Å². The van der Waals surface area contributed by atoms with Crippen molar-refractivity contribution < 1.29 is 9.59 Å². The summed E-state index contributed by atoms with van der Waals surface area (Å²) in [4.78, 5) is 26.6. The minimum absolute atomic E-state index is 0.0548. The first-order valence-corrected chi connectivity index (χ1v) is 5.44. The monoisotopic (exact) mass is 227 g/mol. The van der Waals surface area contributed by atoms with Gasteiger partial charge >= 0.3 is 0 Å². The Morgan fingerprint density at radius 1 is 1.53 bits per heavy atom. The zero-order valence-corrected chi connectivity index (χ0v) is 9.34. The fourth-order valence-electron chi connectivity index (χ4n) is 2.00. The zero-order chi connectivity index (χ0) is 11.0. The fourth-order valence-corrected chi connectivity index (χ4v) is 2.44. The van der Waals surface area contributed by atoms with Crippen molar-refractivity contribution in [3.05, 3.63) is 0 Å². The van der Waals surface area contributed by atoms with E-state index in [1.54, 1.807) is 4.90 Å². The average Bonchev–Trinajstić information content (AvgIpc) is 2.20. The van der Waals surface area contributed by atoms with Gasteiger partial charge in [0.1, 0.15) is 6.04 Å². The van der Waals surface area contributed by atoms with Crippen LogP contribution in [0.5, 0.6) is 0 Å². The van der Waals surface area contributed by atoms with E-state index in [0.29, 0.717) is 24.7 Å². The Bertz CT molecular complexity index is 331. The van der Waals surface area contributed by atoms with Crippen molar-refractivity contribution in [2.24, 2.45) is 0 Å². The molecule has 1 N–H and O–H groups in total. The lowest BCUT2D eigenvalue weighted by atomic mass is 10.1. The van der Waals surface area contributed by atoms with E-state index >= 15 is 0 Å². The van der Waals surface area contributed by atoms with Crippen LogP contribution < -0.4 is 5.32 Å². The van der Waals surface area contributed by atoms with E-state index in [4.69, 9.17) is 12.2 Å². The van der Waals surface area contributed by atoms with E-state index in [0.717, 1.165) is 0 Å². The van der Waals surface area contributed by atoms with Gasteiger partial charge in [0, 0.05) is 19.6 Å². The summed E-state index contributed by atoms with van der Waals surface area (Å²) in [5.74, 6) is -0.145. The summed E-state index contributed by atoms with van der Waals surface area (Å²) in [5, 5.41) is 3.24. The number of nitrogens with zero attached hydrogens (tertiary/aromatic N) is 2. The highest BCUT2D eigenvalue weighted by Crippen LogP contribution is 2.19. The number of nitrogens with one attached hydrogen (secondary N) is 1. The second-order valence-corrected chi connectivity index (χ2v) is 3.99. The Balaban J connectivity index is 2.24. The van der Waals surface area contributed by atoms with Crippen LogP contribution in [-0.2, 0) is 9.59 Å². The van der Waals surface area contributed by atoms with Crippen molar-refractivity contribution >= 4 is 29.1 Å². The number of amides is 2. The van der Waals surface area contributed by atoms with Crippen LogP contribution in [0.4, 0.5) is 0 Å². The van der Waals surface area contributed by atoms with Gasteiger partial charge in [0.05, 0.1) is 6.42 Å². The molecule has 2 fully saturated rings. The number of hydrogen-bond donors (Lipinski definition) is 1. The molecule has 1 atom stereocenters. The minimum atomic E-state index is -0.387. The Morgan fingerprint density at radius 3 is 2.93 bits per heavy atom. The molecule has 0 aromatic carbocycles. The highest BCUT2D eigenvalue weighted by Gasteiger charge is 2.40. The van der Waals surface area contributed by atoms with Crippen LogP contribution in [0.25, 0.3) is 0 Å². The summed E-state index contributed by atoms with van der Waals surface area (Å²) >= 11 is 5.21. The average molecular weight is 227 g/mol. The van der Waals surface area contributed by atoms with E-state index in [1.807, 2.05) is 11.8 Å². The van der Waals surface area contributed by atoms with Crippen LogP contribution in [0.15, 0.2) is 0 Å². The number of carbonyl (C=O) groups excluding carboxylic acids is 2. The molecular weight excluding hydrogens is 214 g/mol. The highest BCUT2D eigenvalue weighted by atomic mass is 32.1. The molecule has 1 unspecified atom stereocenters. The normalized spacial score (nSPS) is 26.5. The van der Waals surface area contributed by atoms with Gasteiger partial charge in [0.2, 0.25) is 11.8 Å². The van der Waals surface area contributed by atoms with Crippen molar-refractivity contribution in [3.8, 4) is 0 Å². The molecule has 15 heavy (non-hydrogen) atoms. The summed E-state index contributed by atoms with van der Waals surface area (Å²) in [6.45, 7) is 3.75. The maximum absolute atomic E-state index is 11.7. The minimum Gasteiger partial charge on any atom is -0.353 e. The lowest BCUT2D eigenvalue weighted by Gasteiger charge is -2.43. The van der Waals surface area contributed by atoms with Gasteiger partial charge in [0.25, 0.3) is 0 Å². The molecule has 6 heteroatoms. The molecule has 2 aliphatic rings. The van der Waals surface area contributed by atoms with E-state index in [2.05, 4.69) is 5.32 Å². The Kier molecular flexibility index (Phi) is 2.60. The number of rotatable bonds is 1. The van der Waals surface area contributed by atoms with Gasteiger partial charge < -0.3 is 10.2 Å². The van der Waals surface area contributed by atoms with E-state index in [-0.39, 0.29) is 24.3 Å². The SMILES string of the molecule is CCN1C(=O)CC2C(=O)NCCN2C1=S. The van der Waals surface area contributed by atoms with Gasteiger partial charge in [-0.2, -0.15) is 0 Å². The number of carbonyl (C=O) groups is 2. The quantitative estimate of drug-likeness (QED) is 0.603. The molecule has 0 aromatic rings. The summed E-state index contributed by atoms with van der Waals surface area (Å²) in [5.41, 5.74) is 0. The van der Waals surface area contributed by atoms with Crippen molar-refractivity contribution in [1.29, 1.82) is 0 Å². The van der Waals surface area contributed by atoms with Crippen molar-refractivity contribution in [3.63, 3.8) is 0 Å². The molecule has 0 radical (unpaired) electrons. The molecule has 0 aromatic heterocycles. The van der Waals surface area contributed by atoms with Crippen LogP contribution in [0.3, 0.4) is 0 Å².